The largest absolute Gasteiger partial charge is 0.484 e. The van der Waals surface area contributed by atoms with Gasteiger partial charge < -0.3 is 20.7 Å². The summed E-state index contributed by atoms with van der Waals surface area (Å²) in [6.07, 6.45) is 3.59. The number of nitrogens with two attached hydrogens (primary N) is 1. The molecule has 1 atom stereocenters. The van der Waals surface area contributed by atoms with E-state index < -0.39 is 5.91 Å². The first-order valence-electron chi connectivity index (χ1n) is 7.10. The van der Waals surface area contributed by atoms with Gasteiger partial charge in [0, 0.05) is 11.7 Å². The molecule has 1 fully saturated rings. The first-order chi connectivity index (χ1) is 9.63. The van der Waals surface area contributed by atoms with E-state index in [-0.39, 0.29) is 6.61 Å². The number of anilines is 1. The number of rotatable bonds is 5. The van der Waals surface area contributed by atoms with E-state index in [0.29, 0.717) is 11.8 Å². The zero-order valence-electron chi connectivity index (χ0n) is 12.0. The van der Waals surface area contributed by atoms with Crippen LogP contribution in [-0.2, 0) is 4.79 Å². The fourth-order valence-corrected chi connectivity index (χ4v) is 2.42. The van der Waals surface area contributed by atoms with Crippen molar-refractivity contribution in [2.75, 3.05) is 32.1 Å². The average Bonchev–Trinajstić information content (AvgIpc) is 2.63. The van der Waals surface area contributed by atoms with E-state index >= 15 is 0 Å². The number of likely N-dealkylation sites (tertiary alicyclic amines) is 1. The van der Waals surface area contributed by atoms with E-state index in [1.807, 2.05) is 24.3 Å². The quantitative estimate of drug-likeness (QED) is 0.855. The molecule has 0 spiro atoms. The Morgan fingerprint density at radius 2 is 2.10 bits per heavy atom. The van der Waals surface area contributed by atoms with Gasteiger partial charge in [0.1, 0.15) is 5.75 Å². The minimum atomic E-state index is -0.463. The molecule has 0 bridgehead atoms. The van der Waals surface area contributed by atoms with E-state index in [0.717, 1.165) is 18.7 Å². The molecule has 1 amide bonds. The van der Waals surface area contributed by atoms with Crippen LogP contribution in [0.4, 0.5) is 5.69 Å². The smallest absolute Gasteiger partial charge is 0.255 e. The minimum absolute atomic E-state index is 0.0816. The molecule has 5 nitrogen and oxygen atoms in total. The van der Waals surface area contributed by atoms with Crippen LogP contribution < -0.4 is 15.8 Å². The molecule has 1 aliphatic heterocycles. The topological polar surface area (TPSA) is 67.6 Å². The highest BCUT2D eigenvalue weighted by Gasteiger charge is 2.14. The SMILES string of the molecule is CN1CCCC(Nc2ccc(OCC(N)=O)cc2)CC1. The van der Waals surface area contributed by atoms with Crippen molar-refractivity contribution in [2.24, 2.45) is 5.73 Å². The summed E-state index contributed by atoms with van der Waals surface area (Å²) in [6, 6.07) is 8.19. The molecule has 110 valence electrons. The third-order valence-corrected chi connectivity index (χ3v) is 3.56. The van der Waals surface area contributed by atoms with Gasteiger partial charge in [-0.3, -0.25) is 4.79 Å². The maximum Gasteiger partial charge on any atom is 0.255 e. The Morgan fingerprint density at radius 3 is 2.80 bits per heavy atom. The number of benzene rings is 1. The molecule has 5 heteroatoms. The highest BCUT2D eigenvalue weighted by molar-refractivity contribution is 5.75. The fraction of sp³-hybridized carbons (Fsp3) is 0.533. The van der Waals surface area contributed by atoms with E-state index in [1.54, 1.807) is 0 Å². The molecular weight excluding hydrogens is 254 g/mol. The summed E-state index contributed by atoms with van der Waals surface area (Å²) in [6.45, 7) is 2.23. The Labute approximate surface area is 120 Å². The summed E-state index contributed by atoms with van der Waals surface area (Å²) in [7, 11) is 2.17. The second-order valence-electron chi connectivity index (χ2n) is 5.35. The normalized spacial score (nSPS) is 20.1. The number of nitrogens with one attached hydrogen (secondary N) is 1. The van der Waals surface area contributed by atoms with Crippen LogP contribution in [0.25, 0.3) is 0 Å². The maximum absolute atomic E-state index is 10.6. The molecule has 0 radical (unpaired) electrons. The van der Waals surface area contributed by atoms with Gasteiger partial charge in [0.05, 0.1) is 0 Å². The van der Waals surface area contributed by atoms with Crippen molar-refractivity contribution < 1.29 is 9.53 Å². The number of hydrogen-bond donors (Lipinski definition) is 2. The summed E-state index contributed by atoms with van der Waals surface area (Å²) in [5, 5.41) is 3.56. The molecule has 1 aromatic rings. The number of nitrogens with zero attached hydrogens (tertiary/aromatic N) is 1. The van der Waals surface area contributed by atoms with Gasteiger partial charge in [-0.2, -0.15) is 0 Å². The predicted molar refractivity (Wildman–Crippen MR) is 79.9 cm³/mol. The number of hydrogen-bond acceptors (Lipinski definition) is 4. The van der Waals surface area contributed by atoms with Crippen LogP contribution in [0.2, 0.25) is 0 Å². The second-order valence-corrected chi connectivity index (χ2v) is 5.35. The Bertz CT molecular complexity index is 433. The molecule has 1 heterocycles. The second kappa shape index (κ2) is 7.14. The molecular formula is C15H23N3O2. The van der Waals surface area contributed by atoms with Gasteiger partial charge in [-0.1, -0.05) is 0 Å². The van der Waals surface area contributed by atoms with Crippen molar-refractivity contribution in [2.45, 2.75) is 25.3 Å². The highest BCUT2D eigenvalue weighted by Crippen LogP contribution is 2.19. The number of primary amides is 1. The van der Waals surface area contributed by atoms with Crippen LogP contribution in [-0.4, -0.2) is 43.6 Å². The lowest BCUT2D eigenvalue weighted by Crippen LogP contribution is -2.23. The Kier molecular flexibility index (Phi) is 5.24. The van der Waals surface area contributed by atoms with Crippen molar-refractivity contribution in [1.29, 1.82) is 0 Å². The summed E-state index contributed by atoms with van der Waals surface area (Å²) >= 11 is 0. The lowest BCUT2D eigenvalue weighted by atomic mass is 10.1. The van der Waals surface area contributed by atoms with Crippen LogP contribution in [0, 0.1) is 0 Å². The molecule has 1 unspecified atom stereocenters. The monoisotopic (exact) mass is 277 g/mol. The van der Waals surface area contributed by atoms with Crippen molar-refractivity contribution in [1.82, 2.24) is 4.90 Å². The Balaban J connectivity index is 1.85. The van der Waals surface area contributed by atoms with Gasteiger partial charge >= 0.3 is 0 Å². The van der Waals surface area contributed by atoms with Crippen LogP contribution in [0.5, 0.6) is 5.75 Å². The van der Waals surface area contributed by atoms with Crippen molar-refractivity contribution in [3.63, 3.8) is 0 Å². The molecule has 0 aliphatic carbocycles. The van der Waals surface area contributed by atoms with Crippen LogP contribution >= 0.6 is 0 Å². The molecule has 1 saturated heterocycles. The maximum atomic E-state index is 10.6. The van der Waals surface area contributed by atoms with Gasteiger partial charge in [-0.05, 0) is 63.7 Å². The third-order valence-electron chi connectivity index (χ3n) is 3.56. The molecule has 3 N–H and O–H groups in total. The zero-order valence-corrected chi connectivity index (χ0v) is 12.0. The predicted octanol–water partition coefficient (Wildman–Crippen LogP) is 1.45. The molecule has 1 aliphatic rings. The van der Waals surface area contributed by atoms with Gasteiger partial charge in [0.25, 0.3) is 5.91 Å². The molecule has 20 heavy (non-hydrogen) atoms. The third kappa shape index (κ3) is 4.74. The van der Waals surface area contributed by atoms with Crippen LogP contribution in [0.1, 0.15) is 19.3 Å². The number of ether oxygens (including phenoxy) is 1. The Morgan fingerprint density at radius 1 is 1.35 bits per heavy atom. The van der Waals surface area contributed by atoms with Gasteiger partial charge in [-0.15, -0.1) is 0 Å². The zero-order chi connectivity index (χ0) is 14.4. The summed E-state index contributed by atoms with van der Waals surface area (Å²) < 4.78 is 5.24. The van der Waals surface area contributed by atoms with Gasteiger partial charge in [0.15, 0.2) is 6.61 Å². The molecule has 0 aromatic heterocycles. The fourth-order valence-electron chi connectivity index (χ4n) is 2.42. The Hall–Kier alpha value is -1.75. The van der Waals surface area contributed by atoms with E-state index in [1.165, 1.54) is 19.4 Å². The van der Waals surface area contributed by atoms with Crippen LogP contribution in [0.3, 0.4) is 0 Å². The van der Waals surface area contributed by atoms with E-state index in [9.17, 15) is 4.79 Å². The highest BCUT2D eigenvalue weighted by atomic mass is 16.5. The first kappa shape index (κ1) is 14.7. The van der Waals surface area contributed by atoms with Gasteiger partial charge in [-0.25, -0.2) is 0 Å². The molecule has 0 saturated carbocycles. The van der Waals surface area contributed by atoms with Crippen molar-refractivity contribution >= 4 is 11.6 Å². The summed E-state index contributed by atoms with van der Waals surface area (Å²) in [4.78, 5) is 13.0. The van der Waals surface area contributed by atoms with E-state index in [4.69, 9.17) is 10.5 Å². The first-order valence-corrected chi connectivity index (χ1v) is 7.10. The van der Waals surface area contributed by atoms with Crippen molar-refractivity contribution in [3.8, 4) is 5.75 Å². The molecule has 2 rings (SSSR count). The summed E-state index contributed by atoms with van der Waals surface area (Å²) in [5.74, 6) is 0.199. The van der Waals surface area contributed by atoms with Gasteiger partial charge in [0.2, 0.25) is 0 Å². The minimum Gasteiger partial charge on any atom is -0.484 e. The van der Waals surface area contributed by atoms with Crippen LogP contribution in [0.15, 0.2) is 24.3 Å². The lowest BCUT2D eigenvalue weighted by molar-refractivity contribution is -0.119. The lowest BCUT2D eigenvalue weighted by Gasteiger charge is -2.18. The molecule has 1 aromatic carbocycles. The average molecular weight is 277 g/mol. The number of amides is 1. The number of carbonyl (C=O) groups excluding carboxylic acids is 1. The summed E-state index contributed by atoms with van der Waals surface area (Å²) in [5.41, 5.74) is 6.13. The standard InChI is InChI=1S/C15H23N3O2/c1-18-9-2-3-12(8-10-18)17-13-4-6-14(7-5-13)20-11-15(16)19/h4-7,12,17H,2-3,8-11H2,1H3,(H2,16,19). The number of carbonyl (C=O) groups is 1. The van der Waals surface area contributed by atoms with Crippen molar-refractivity contribution in [3.05, 3.63) is 24.3 Å². The van der Waals surface area contributed by atoms with E-state index in [2.05, 4.69) is 17.3 Å².